The quantitative estimate of drug-likeness (QED) is 0.491. The van der Waals surface area contributed by atoms with E-state index in [0.717, 1.165) is 5.56 Å². The molecule has 0 saturated carbocycles. The van der Waals surface area contributed by atoms with Crippen LogP contribution in [0.25, 0.3) is 0 Å². The van der Waals surface area contributed by atoms with Gasteiger partial charge in [-0.25, -0.2) is 4.98 Å². The zero-order chi connectivity index (χ0) is 20.5. The maximum Gasteiger partial charge on any atom is 0.293 e. The number of aromatic nitrogens is 2. The first-order valence-corrected chi connectivity index (χ1v) is 9.69. The number of hydrogen-bond acceptors (Lipinski definition) is 7. The van der Waals surface area contributed by atoms with Gasteiger partial charge in [-0.15, -0.1) is 11.3 Å². The Balaban J connectivity index is 1.35. The second-order valence-electron chi connectivity index (χ2n) is 5.98. The van der Waals surface area contributed by atoms with Crippen molar-refractivity contribution >= 4 is 34.2 Å². The molecule has 0 fully saturated rings. The number of carbonyl (C=O) groups excluding carboxylic acids is 3. The average molecular weight is 413 g/mol. The van der Waals surface area contributed by atoms with Crippen LogP contribution < -0.4 is 16.0 Å². The van der Waals surface area contributed by atoms with Crippen LogP contribution in [-0.4, -0.2) is 34.2 Å². The highest BCUT2D eigenvalue weighted by Gasteiger charge is 2.13. The van der Waals surface area contributed by atoms with Gasteiger partial charge in [0.1, 0.15) is 0 Å². The van der Waals surface area contributed by atoms with Crippen molar-refractivity contribution in [3.05, 3.63) is 65.3 Å². The second kappa shape index (κ2) is 10.1. The lowest BCUT2D eigenvalue weighted by molar-refractivity contribution is -0.122. The van der Waals surface area contributed by atoms with Crippen molar-refractivity contribution in [1.82, 2.24) is 20.6 Å². The fourth-order valence-electron chi connectivity index (χ4n) is 2.34. The summed E-state index contributed by atoms with van der Waals surface area (Å²) < 4.78 is 5.01. The van der Waals surface area contributed by atoms with Crippen molar-refractivity contribution in [2.24, 2.45) is 0 Å². The maximum atomic E-state index is 12.0. The van der Waals surface area contributed by atoms with E-state index < -0.39 is 5.91 Å². The molecule has 9 nitrogen and oxygen atoms in total. The van der Waals surface area contributed by atoms with E-state index in [1.807, 2.05) is 12.1 Å². The van der Waals surface area contributed by atoms with Crippen LogP contribution in [0.2, 0.25) is 0 Å². The lowest BCUT2D eigenvalue weighted by atomic mass is 10.2. The molecule has 3 aromatic rings. The molecule has 0 atom stereocenters. The highest BCUT2D eigenvalue weighted by molar-refractivity contribution is 7.14. The molecule has 0 radical (unpaired) electrons. The fourth-order valence-corrected chi connectivity index (χ4v) is 3.05. The number of furan rings is 1. The SMILES string of the molecule is O=C(CCNC(=O)Cc1csc(NC(=O)c2ccco2)n1)NCc1ccncc1. The van der Waals surface area contributed by atoms with Gasteiger partial charge in [0.25, 0.3) is 5.91 Å². The third kappa shape index (κ3) is 6.54. The van der Waals surface area contributed by atoms with Crippen LogP contribution in [0.1, 0.15) is 28.2 Å². The van der Waals surface area contributed by atoms with Crippen molar-refractivity contribution in [3.8, 4) is 0 Å². The van der Waals surface area contributed by atoms with Crippen molar-refractivity contribution in [3.63, 3.8) is 0 Å². The molecule has 0 aromatic carbocycles. The number of rotatable bonds is 9. The van der Waals surface area contributed by atoms with Crippen LogP contribution in [0.4, 0.5) is 5.13 Å². The van der Waals surface area contributed by atoms with Gasteiger partial charge in [0.2, 0.25) is 11.8 Å². The molecular formula is C19H19N5O4S. The number of amides is 3. The molecule has 3 amide bonds. The first-order chi connectivity index (χ1) is 14.1. The summed E-state index contributed by atoms with van der Waals surface area (Å²) in [6.45, 7) is 0.647. The molecule has 10 heteroatoms. The van der Waals surface area contributed by atoms with Gasteiger partial charge in [-0.3, -0.25) is 24.7 Å². The Morgan fingerprint density at radius 3 is 2.66 bits per heavy atom. The Morgan fingerprint density at radius 1 is 1.07 bits per heavy atom. The minimum atomic E-state index is -0.405. The van der Waals surface area contributed by atoms with E-state index in [0.29, 0.717) is 17.4 Å². The smallest absolute Gasteiger partial charge is 0.293 e. The summed E-state index contributed by atoms with van der Waals surface area (Å²) in [4.78, 5) is 43.8. The zero-order valence-electron chi connectivity index (χ0n) is 15.4. The van der Waals surface area contributed by atoms with Crippen LogP contribution in [0.5, 0.6) is 0 Å². The number of nitrogens with one attached hydrogen (secondary N) is 3. The van der Waals surface area contributed by atoms with Crippen LogP contribution in [0.3, 0.4) is 0 Å². The predicted molar refractivity (Wildman–Crippen MR) is 106 cm³/mol. The van der Waals surface area contributed by atoms with E-state index >= 15 is 0 Å². The molecule has 3 aromatic heterocycles. The number of thiazole rings is 1. The van der Waals surface area contributed by atoms with E-state index in [-0.39, 0.29) is 37.0 Å². The Kier molecular flexibility index (Phi) is 7.06. The molecule has 3 heterocycles. The minimum Gasteiger partial charge on any atom is -0.459 e. The van der Waals surface area contributed by atoms with Crippen LogP contribution in [-0.2, 0) is 22.6 Å². The van der Waals surface area contributed by atoms with Gasteiger partial charge in [-0.1, -0.05) is 0 Å². The molecule has 3 rings (SSSR count). The van der Waals surface area contributed by atoms with Gasteiger partial charge in [0.05, 0.1) is 18.4 Å². The summed E-state index contributed by atoms with van der Waals surface area (Å²) in [6, 6.07) is 6.80. The number of carbonyl (C=O) groups is 3. The molecule has 150 valence electrons. The van der Waals surface area contributed by atoms with Crippen molar-refractivity contribution in [2.45, 2.75) is 19.4 Å². The number of nitrogens with zero attached hydrogens (tertiary/aromatic N) is 2. The number of hydrogen-bond donors (Lipinski definition) is 3. The van der Waals surface area contributed by atoms with Crippen molar-refractivity contribution < 1.29 is 18.8 Å². The van der Waals surface area contributed by atoms with Gasteiger partial charge >= 0.3 is 0 Å². The standard InChI is InChI=1S/C19H19N5O4S/c25-16(22-11-13-3-6-20-7-4-13)5-8-21-17(26)10-14-12-29-19(23-14)24-18(27)15-2-1-9-28-15/h1-4,6-7,9,12H,5,8,10-11H2,(H,21,26)(H,22,25)(H,23,24,27). The molecule has 29 heavy (non-hydrogen) atoms. The maximum absolute atomic E-state index is 12.0. The lowest BCUT2D eigenvalue weighted by Gasteiger charge is -2.06. The summed E-state index contributed by atoms with van der Waals surface area (Å²) >= 11 is 1.22. The topological polar surface area (TPSA) is 126 Å². The third-order valence-corrected chi connectivity index (χ3v) is 4.58. The summed E-state index contributed by atoms with van der Waals surface area (Å²) in [5.74, 6) is -0.625. The number of pyridine rings is 1. The van der Waals surface area contributed by atoms with Crippen molar-refractivity contribution in [2.75, 3.05) is 11.9 Å². The number of anilines is 1. The highest BCUT2D eigenvalue weighted by atomic mass is 32.1. The molecule has 0 aliphatic rings. The highest BCUT2D eigenvalue weighted by Crippen LogP contribution is 2.17. The minimum absolute atomic E-state index is 0.0613. The summed E-state index contributed by atoms with van der Waals surface area (Å²) in [7, 11) is 0. The Hall–Kier alpha value is -3.53. The van der Waals surface area contributed by atoms with Gasteiger partial charge < -0.3 is 15.1 Å². The predicted octanol–water partition coefficient (Wildman–Crippen LogP) is 1.75. The molecular weight excluding hydrogens is 394 g/mol. The first kappa shape index (κ1) is 20.2. The molecule has 0 aliphatic carbocycles. The largest absolute Gasteiger partial charge is 0.459 e. The molecule has 3 N–H and O–H groups in total. The van der Waals surface area contributed by atoms with E-state index in [9.17, 15) is 14.4 Å². The van der Waals surface area contributed by atoms with Gasteiger partial charge in [-0.2, -0.15) is 0 Å². The Bertz CT molecular complexity index is 956. The molecule has 0 bridgehead atoms. The van der Waals surface area contributed by atoms with E-state index in [2.05, 4.69) is 25.9 Å². The molecule has 0 unspecified atom stereocenters. The fraction of sp³-hybridized carbons (Fsp3) is 0.211. The molecule has 0 saturated heterocycles. The van der Waals surface area contributed by atoms with Crippen LogP contribution in [0, 0.1) is 0 Å². The summed E-state index contributed by atoms with van der Waals surface area (Å²) in [6.07, 6.45) is 4.97. The molecule has 0 spiro atoms. The van der Waals surface area contributed by atoms with Gasteiger partial charge in [-0.05, 0) is 29.8 Å². The first-order valence-electron chi connectivity index (χ1n) is 8.81. The van der Waals surface area contributed by atoms with E-state index in [1.54, 1.807) is 29.9 Å². The summed E-state index contributed by atoms with van der Waals surface area (Å²) in [5, 5.41) is 10.1. The average Bonchev–Trinajstić information content (AvgIpc) is 3.39. The van der Waals surface area contributed by atoms with Gasteiger partial charge in [0.15, 0.2) is 10.9 Å². The van der Waals surface area contributed by atoms with Crippen LogP contribution >= 0.6 is 11.3 Å². The second-order valence-corrected chi connectivity index (χ2v) is 6.84. The molecule has 0 aliphatic heterocycles. The monoisotopic (exact) mass is 413 g/mol. The van der Waals surface area contributed by atoms with E-state index in [1.165, 1.54) is 17.6 Å². The normalized spacial score (nSPS) is 10.3. The Morgan fingerprint density at radius 2 is 1.90 bits per heavy atom. The summed E-state index contributed by atoms with van der Waals surface area (Å²) in [5.41, 5.74) is 1.49. The van der Waals surface area contributed by atoms with Gasteiger partial charge in [0, 0.05) is 37.3 Å². The van der Waals surface area contributed by atoms with E-state index in [4.69, 9.17) is 4.42 Å². The van der Waals surface area contributed by atoms with Crippen LogP contribution in [0.15, 0.2) is 52.7 Å². The Labute approximate surface area is 170 Å². The lowest BCUT2D eigenvalue weighted by Crippen LogP contribution is -2.31. The zero-order valence-corrected chi connectivity index (χ0v) is 16.2. The van der Waals surface area contributed by atoms with Crippen molar-refractivity contribution in [1.29, 1.82) is 0 Å². The third-order valence-electron chi connectivity index (χ3n) is 3.77.